The Bertz CT molecular complexity index is 3350. The van der Waals surface area contributed by atoms with E-state index in [4.69, 9.17) is 15.0 Å². The van der Waals surface area contributed by atoms with Crippen LogP contribution in [0, 0.1) is 5.92 Å². The predicted molar refractivity (Wildman–Crippen MR) is 281 cm³/mol. The molecule has 4 aliphatic carbocycles. The molecule has 0 spiro atoms. The summed E-state index contributed by atoms with van der Waals surface area (Å²) < 4.78 is 0. The molecule has 0 aromatic heterocycles. The molecule has 6 aliphatic rings. The normalized spacial score (nSPS) is 20.4. The van der Waals surface area contributed by atoms with Crippen LogP contribution in [0.1, 0.15) is 99.8 Å². The summed E-state index contributed by atoms with van der Waals surface area (Å²) in [5.41, 5.74) is 22.6. The Morgan fingerprint density at radius 1 is 0.471 bits per heavy atom. The third kappa shape index (κ3) is 6.94. The Hall–Kier alpha value is -7.95. The molecule has 13 rings (SSSR count). The van der Waals surface area contributed by atoms with Gasteiger partial charge in [0.05, 0.1) is 11.8 Å². The largest absolute Gasteiger partial charge is 0.324 e. The van der Waals surface area contributed by atoms with Crippen LogP contribution in [-0.4, -0.2) is 23.4 Å². The van der Waals surface area contributed by atoms with Crippen molar-refractivity contribution >= 4 is 34.1 Å². The highest BCUT2D eigenvalue weighted by Crippen LogP contribution is 2.54. The third-order valence-corrected chi connectivity index (χ3v) is 14.8. The molecule has 7 aromatic rings. The molecule has 0 saturated carbocycles. The number of fused-ring (bicyclic) bond motifs is 6. The van der Waals surface area contributed by atoms with Crippen LogP contribution in [0.25, 0.3) is 27.8 Å². The second-order valence-electron chi connectivity index (χ2n) is 18.7. The van der Waals surface area contributed by atoms with Crippen molar-refractivity contribution in [1.82, 2.24) is 5.32 Å². The SMILES string of the molecule is C1=CCCC(C2=NC3C(=C2c2ccccc2)c2ccccc2C(c2cccc(C4N=C(c5ccccc5)NC(c5ccc(C6c7ccccc7-c7ccccc76)cc5)=N4)c2)=C3C2CC=CCC2)=C1. The van der Waals surface area contributed by atoms with Crippen LogP contribution in [0.3, 0.4) is 0 Å². The van der Waals surface area contributed by atoms with Gasteiger partial charge in [-0.25, -0.2) is 9.98 Å². The number of allylic oxidation sites excluding steroid dienone is 7. The fourth-order valence-corrected chi connectivity index (χ4v) is 11.7. The lowest BCUT2D eigenvalue weighted by Crippen LogP contribution is -2.36. The van der Waals surface area contributed by atoms with Crippen LogP contribution >= 0.6 is 0 Å². The van der Waals surface area contributed by atoms with Crippen molar-refractivity contribution < 1.29 is 0 Å². The average molecular weight is 875 g/mol. The summed E-state index contributed by atoms with van der Waals surface area (Å²) in [6.45, 7) is 0. The number of benzene rings is 7. The summed E-state index contributed by atoms with van der Waals surface area (Å²) in [4.78, 5) is 16.7. The Labute approximate surface area is 399 Å². The van der Waals surface area contributed by atoms with Crippen LogP contribution in [0.5, 0.6) is 0 Å². The van der Waals surface area contributed by atoms with E-state index in [1.165, 1.54) is 77.9 Å². The summed E-state index contributed by atoms with van der Waals surface area (Å²) in [6.07, 6.45) is 16.3. The van der Waals surface area contributed by atoms with E-state index in [2.05, 4.69) is 218 Å². The van der Waals surface area contributed by atoms with Crippen LogP contribution in [-0.2, 0) is 0 Å². The monoisotopic (exact) mass is 874 g/mol. The Kier molecular flexibility index (Phi) is 10.1. The van der Waals surface area contributed by atoms with Crippen molar-refractivity contribution in [3.8, 4) is 11.1 Å². The van der Waals surface area contributed by atoms with E-state index < -0.39 is 6.17 Å². The number of rotatable bonds is 8. The van der Waals surface area contributed by atoms with Crippen molar-refractivity contribution in [2.75, 3.05) is 0 Å². The third-order valence-electron chi connectivity index (χ3n) is 14.8. The number of nitrogens with one attached hydrogen (secondary N) is 1. The lowest BCUT2D eigenvalue weighted by molar-refractivity contribution is 0.534. The number of aliphatic imine (C=N–C) groups is 3. The minimum absolute atomic E-state index is 0.0857. The molecule has 0 amide bonds. The first-order valence-electron chi connectivity index (χ1n) is 24.3. The van der Waals surface area contributed by atoms with Gasteiger partial charge >= 0.3 is 0 Å². The van der Waals surface area contributed by atoms with Gasteiger partial charge in [-0.15, -0.1) is 0 Å². The number of hydrogen-bond donors (Lipinski definition) is 1. The van der Waals surface area contributed by atoms with Gasteiger partial charge in [-0.1, -0.05) is 206 Å². The quantitative estimate of drug-likeness (QED) is 0.152. The molecule has 4 nitrogen and oxygen atoms in total. The fourth-order valence-electron chi connectivity index (χ4n) is 11.7. The topological polar surface area (TPSA) is 49.1 Å². The van der Waals surface area contributed by atoms with Gasteiger partial charge in [0.2, 0.25) is 0 Å². The zero-order chi connectivity index (χ0) is 45.0. The van der Waals surface area contributed by atoms with Crippen molar-refractivity contribution in [1.29, 1.82) is 0 Å². The maximum absolute atomic E-state index is 5.88. The number of amidine groups is 2. The average Bonchev–Trinajstić information content (AvgIpc) is 3.99. The zero-order valence-corrected chi connectivity index (χ0v) is 37.9. The molecular weight excluding hydrogens is 825 g/mol. The lowest BCUT2D eigenvalue weighted by Gasteiger charge is -2.35. The second kappa shape index (κ2) is 17.0. The van der Waals surface area contributed by atoms with Crippen molar-refractivity contribution in [3.05, 3.63) is 279 Å². The maximum Gasteiger partial charge on any atom is 0.169 e. The first-order chi connectivity index (χ1) is 33.7. The summed E-state index contributed by atoms with van der Waals surface area (Å²) in [5.74, 6) is 2.16. The Morgan fingerprint density at radius 3 is 1.78 bits per heavy atom. The van der Waals surface area contributed by atoms with E-state index in [0.29, 0.717) is 5.92 Å². The summed E-state index contributed by atoms with van der Waals surface area (Å²) >= 11 is 0. The highest BCUT2D eigenvalue weighted by Gasteiger charge is 2.42. The van der Waals surface area contributed by atoms with Gasteiger partial charge in [-0.2, -0.15) is 0 Å². The van der Waals surface area contributed by atoms with E-state index in [9.17, 15) is 0 Å². The molecule has 0 bridgehead atoms. The maximum atomic E-state index is 5.88. The van der Waals surface area contributed by atoms with Gasteiger partial charge in [0.1, 0.15) is 11.7 Å². The molecule has 2 heterocycles. The standard InChI is InChI=1S/C64H50N4/c1-5-20-41(21-6-1)57-56(53-34-17-18-35-54(53)59-58(42-22-7-2-8-23-42)60(65-61(57)59)44-24-9-3-10-25-44)47-28-19-29-48(40-47)64-67-62(45-26-11-4-12-27-45)66-63(68-64)46-38-36-43(37-39-46)55-51-32-15-13-30-49(51)50-31-14-16-33-52(50)55/h1-5,7-9,11-19,22-24,26-41,55,61,64H,6,10,20-21,25H2,(H,66,67,68). The van der Waals surface area contributed by atoms with Gasteiger partial charge < -0.3 is 5.32 Å². The van der Waals surface area contributed by atoms with E-state index in [1.54, 1.807) is 0 Å². The highest BCUT2D eigenvalue weighted by molar-refractivity contribution is 6.40. The molecule has 7 aromatic carbocycles. The summed E-state index contributed by atoms with van der Waals surface area (Å²) in [5, 5.41) is 3.68. The molecule has 326 valence electrons. The van der Waals surface area contributed by atoms with Crippen molar-refractivity contribution in [2.24, 2.45) is 20.9 Å². The van der Waals surface area contributed by atoms with Crippen molar-refractivity contribution in [3.63, 3.8) is 0 Å². The predicted octanol–water partition coefficient (Wildman–Crippen LogP) is 14.5. The molecular formula is C64H50N4. The van der Waals surface area contributed by atoms with E-state index in [-0.39, 0.29) is 12.0 Å². The van der Waals surface area contributed by atoms with E-state index in [1.807, 2.05) is 0 Å². The molecule has 0 radical (unpaired) electrons. The molecule has 4 heteroatoms. The fraction of sp³-hybridized carbons (Fsp3) is 0.141. The smallest absolute Gasteiger partial charge is 0.169 e. The minimum Gasteiger partial charge on any atom is -0.324 e. The summed E-state index contributed by atoms with van der Waals surface area (Å²) in [7, 11) is 0. The first kappa shape index (κ1) is 40.3. The molecule has 68 heavy (non-hydrogen) atoms. The molecule has 3 atom stereocenters. The van der Waals surface area contributed by atoms with E-state index in [0.717, 1.165) is 66.2 Å². The second-order valence-corrected chi connectivity index (χ2v) is 18.7. The van der Waals surface area contributed by atoms with Crippen molar-refractivity contribution in [2.45, 2.75) is 50.2 Å². The van der Waals surface area contributed by atoms with Crippen LogP contribution < -0.4 is 5.32 Å². The highest BCUT2D eigenvalue weighted by atomic mass is 15.2. The molecule has 3 unspecified atom stereocenters. The lowest BCUT2D eigenvalue weighted by atomic mass is 9.69. The van der Waals surface area contributed by atoms with Gasteiger partial charge in [0.15, 0.2) is 6.17 Å². The molecule has 0 fully saturated rings. The molecule has 0 saturated heterocycles. The number of hydrogen-bond acceptors (Lipinski definition) is 4. The van der Waals surface area contributed by atoms with Gasteiger partial charge in [0.25, 0.3) is 0 Å². The van der Waals surface area contributed by atoms with Crippen LogP contribution in [0.4, 0.5) is 0 Å². The van der Waals surface area contributed by atoms with Crippen LogP contribution in [0.15, 0.2) is 238 Å². The van der Waals surface area contributed by atoms with E-state index >= 15 is 0 Å². The van der Waals surface area contributed by atoms with Gasteiger partial charge in [-0.3, -0.25) is 4.99 Å². The Morgan fingerprint density at radius 2 is 1.10 bits per heavy atom. The summed E-state index contributed by atoms with van der Waals surface area (Å²) in [6, 6.07) is 66.3. The first-order valence-corrected chi connectivity index (χ1v) is 24.3. The minimum atomic E-state index is -0.460. The van der Waals surface area contributed by atoms with Crippen LogP contribution in [0.2, 0.25) is 0 Å². The Balaban J connectivity index is 0.942. The van der Waals surface area contributed by atoms with Gasteiger partial charge in [-0.05, 0) is 122 Å². The molecule has 2 aliphatic heterocycles. The zero-order valence-electron chi connectivity index (χ0n) is 37.9. The van der Waals surface area contributed by atoms with Gasteiger partial charge in [0, 0.05) is 22.6 Å². The molecule has 1 N–H and O–H groups in total. The number of nitrogens with zero attached hydrogens (tertiary/aromatic N) is 3.